The van der Waals surface area contributed by atoms with Crippen LogP contribution in [0.25, 0.3) is 0 Å². The maximum Gasteiger partial charge on any atom is 0.327 e. The number of nitrogens with zero attached hydrogens (tertiary/aromatic N) is 1. The van der Waals surface area contributed by atoms with Crippen LogP contribution in [0.15, 0.2) is 28.7 Å². The number of hydrogen-bond donors (Lipinski definition) is 1. The fourth-order valence-electron chi connectivity index (χ4n) is 2.27. The molecule has 1 aromatic carbocycles. The van der Waals surface area contributed by atoms with E-state index in [1.54, 1.807) is 30.0 Å². The van der Waals surface area contributed by atoms with Crippen LogP contribution in [0.4, 0.5) is 0 Å². The summed E-state index contributed by atoms with van der Waals surface area (Å²) in [6.45, 7) is 2.04. The summed E-state index contributed by atoms with van der Waals surface area (Å²) < 4.78 is 0.814. The average molecular weight is 358 g/mol. The minimum atomic E-state index is -0.931. The molecule has 1 fully saturated rings. The maximum atomic E-state index is 12.6. The molecular formula is C14H16BrNO3S. The Morgan fingerprint density at radius 3 is 2.85 bits per heavy atom. The van der Waals surface area contributed by atoms with Gasteiger partial charge in [0.05, 0.1) is 5.37 Å². The SMILES string of the molecule is CCCC1SCC(C(=O)O)N1C(=O)c1cccc(Br)c1. The molecule has 0 bridgehead atoms. The zero-order valence-corrected chi connectivity index (χ0v) is 13.5. The number of carboxylic acid groups (broad SMARTS) is 1. The summed E-state index contributed by atoms with van der Waals surface area (Å²) in [5.41, 5.74) is 0.522. The molecule has 20 heavy (non-hydrogen) atoms. The van der Waals surface area contributed by atoms with Gasteiger partial charge < -0.3 is 10.0 Å². The number of hydrogen-bond acceptors (Lipinski definition) is 3. The minimum Gasteiger partial charge on any atom is -0.480 e. The first-order valence-electron chi connectivity index (χ1n) is 6.47. The number of aliphatic carboxylic acids is 1. The van der Waals surface area contributed by atoms with Crippen molar-refractivity contribution in [3.05, 3.63) is 34.3 Å². The third kappa shape index (κ3) is 3.17. The lowest BCUT2D eigenvalue weighted by molar-refractivity contribution is -0.141. The third-order valence-corrected chi connectivity index (χ3v) is 5.07. The predicted molar refractivity (Wildman–Crippen MR) is 82.9 cm³/mol. The molecule has 108 valence electrons. The van der Waals surface area contributed by atoms with E-state index in [9.17, 15) is 14.7 Å². The van der Waals surface area contributed by atoms with Crippen molar-refractivity contribution in [2.75, 3.05) is 5.75 Å². The normalized spacial score (nSPS) is 22.0. The van der Waals surface area contributed by atoms with Crippen LogP contribution >= 0.6 is 27.7 Å². The Balaban J connectivity index is 2.29. The molecule has 2 rings (SSSR count). The molecule has 2 atom stereocenters. The van der Waals surface area contributed by atoms with Crippen molar-refractivity contribution in [3.63, 3.8) is 0 Å². The zero-order chi connectivity index (χ0) is 14.7. The Hall–Kier alpha value is -1.01. The second kappa shape index (κ2) is 6.63. The lowest BCUT2D eigenvalue weighted by Crippen LogP contribution is -2.45. The average Bonchev–Trinajstić information content (AvgIpc) is 2.82. The van der Waals surface area contributed by atoms with E-state index in [1.165, 1.54) is 4.90 Å². The van der Waals surface area contributed by atoms with Crippen molar-refractivity contribution in [2.45, 2.75) is 31.2 Å². The quantitative estimate of drug-likeness (QED) is 0.898. The van der Waals surface area contributed by atoms with Crippen molar-refractivity contribution in [3.8, 4) is 0 Å². The fraction of sp³-hybridized carbons (Fsp3) is 0.429. The molecule has 1 heterocycles. The van der Waals surface area contributed by atoms with Gasteiger partial charge in [0.25, 0.3) is 5.91 Å². The highest BCUT2D eigenvalue weighted by atomic mass is 79.9. The monoisotopic (exact) mass is 357 g/mol. The van der Waals surface area contributed by atoms with Gasteiger partial charge in [0.1, 0.15) is 6.04 Å². The van der Waals surface area contributed by atoms with Gasteiger partial charge >= 0.3 is 5.97 Å². The van der Waals surface area contributed by atoms with Gasteiger partial charge in [-0.05, 0) is 24.6 Å². The third-order valence-electron chi connectivity index (χ3n) is 3.22. The van der Waals surface area contributed by atoms with E-state index in [1.807, 2.05) is 13.0 Å². The largest absolute Gasteiger partial charge is 0.480 e. The first kappa shape index (κ1) is 15.4. The van der Waals surface area contributed by atoms with E-state index in [2.05, 4.69) is 15.9 Å². The summed E-state index contributed by atoms with van der Waals surface area (Å²) in [6.07, 6.45) is 1.74. The molecule has 1 amide bonds. The van der Waals surface area contributed by atoms with Crippen molar-refractivity contribution in [1.29, 1.82) is 0 Å². The Bertz CT molecular complexity index is 523. The maximum absolute atomic E-state index is 12.6. The second-order valence-corrected chi connectivity index (χ2v) is 6.78. The fourth-order valence-corrected chi connectivity index (χ4v) is 4.18. The number of halogens is 1. The van der Waals surface area contributed by atoms with Crippen LogP contribution in [-0.2, 0) is 4.79 Å². The molecule has 1 aliphatic rings. The molecule has 0 aromatic heterocycles. The number of benzene rings is 1. The first-order chi connectivity index (χ1) is 9.54. The van der Waals surface area contributed by atoms with Crippen molar-refractivity contribution >= 4 is 39.6 Å². The summed E-state index contributed by atoms with van der Waals surface area (Å²) in [7, 11) is 0. The van der Waals surface area contributed by atoms with Crippen molar-refractivity contribution in [2.24, 2.45) is 0 Å². The molecule has 6 heteroatoms. The van der Waals surface area contributed by atoms with Crippen LogP contribution in [-0.4, -0.2) is 39.1 Å². The first-order valence-corrected chi connectivity index (χ1v) is 8.31. The lowest BCUT2D eigenvalue weighted by atomic mass is 10.1. The predicted octanol–water partition coefficient (Wildman–Crippen LogP) is 3.22. The van der Waals surface area contributed by atoms with Crippen LogP contribution < -0.4 is 0 Å². The Morgan fingerprint density at radius 1 is 1.50 bits per heavy atom. The van der Waals surface area contributed by atoms with Gasteiger partial charge in [-0.3, -0.25) is 4.79 Å². The van der Waals surface area contributed by atoms with E-state index in [4.69, 9.17) is 0 Å². The van der Waals surface area contributed by atoms with E-state index in [0.29, 0.717) is 11.3 Å². The Kier molecular flexibility index (Phi) is 5.10. The molecular weight excluding hydrogens is 342 g/mol. The molecule has 1 aliphatic heterocycles. The molecule has 0 saturated carbocycles. The highest BCUT2D eigenvalue weighted by molar-refractivity contribution is 9.10. The van der Waals surface area contributed by atoms with Crippen LogP contribution in [0.2, 0.25) is 0 Å². The topological polar surface area (TPSA) is 57.6 Å². The molecule has 2 unspecified atom stereocenters. The molecule has 1 saturated heterocycles. The molecule has 1 aromatic rings. The molecule has 0 aliphatic carbocycles. The van der Waals surface area contributed by atoms with Crippen LogP contribution in [0.5, 0.6) is 0 Å². The molecule has 1 N–H and O–H groups in total. The van der Waals surface area contributed by atoms with Gasteiger partial charge in [-0.2, -0.15) is 0 Å². The lowest BCUT2D eigenvalue weighted by Gasteiger charge is -2.27. The second-order valence-electron chi connectivity index (χ2n) is 4.65. The summed E-state index contributed by atoms with van der Waals surface area (Å²) in [6, 6.07) is 6.34. The molecule has 0 radical (unpaired) electrons. The van der Waals surface area contributed by atoms with Crippen molar-refractivity contribution < 1.29 is 14.7 Å². The van der Waals surface area contributed by atoms with Crippen LogP contribution in [0, 0.1) is 0 Å². The van der Waals surface area contributed by atoms with E-state index in [0.717, 1.165) is 17.3 Å². The van der Waals surface area contributed by atoms with Crippen LogP contribution in [0.3, 0.4) is 0 Å². The van der Waals surface area contributed by atoms with Crippen molar-refractivity contribution in [1.82, 2.24) is 4.90 Å². The number of carbonyl (C=O) groups excluding carboxylic acids is 1. The summed E-state index contributed by atoms with van der Waals surface area (Å²) >= 11 is 4.89. The summed E-state index contributed by atoms with van der Waals surface area (Å²) in [5, 5.41) is 9.26. The van der Waals surface area contributed by atoms with E-state index in [-0.39, 0.29) is 11.3 Å². The van der Waals surface area contributed by atoms with Gasteiger partial charge in [-0.15, -0.1) is 11.8 Å². The van der Waals surface area contributed by atoms with Gasteiger partial charge in [0.15, 0.2) is 0 Å². The summed E-state index contributed by atoms with van der Waals surface area (Å²) in [4.78, 5) is 25.5. The summed E-state index contributed by atoms with van der Waals surface area (Å²) in [5.74, 6) is -0.679. The van der Waals surface area contributed by atoms with Gasteiger partial charge in [0, 0.05) is 15.8 Å². The van der Waals surface area contributed by atoms with E-state index >= 15 is 0 Å². The number of thioether (sulfide) groups is 1. The number of rotatable bonds is 4. The number of carboxylic acids is 1. The zero-order valence-electron chi connectivity index (χ0n) is 11.1. The Morgan fingerprint density at radius 2 is 2.25 bits per heavy atom. The van der Waals surface area contributed by atoms with E-state index < -0.39 is 12.0 Å². The smallest absolute Gasteiger partial charge is 0.327 e. The highest BCUT2D eigenvalue weighted by Gasteiger charge is 2.41. The number of carbonyl (C=O) groups is 2. The minimum absolute atomic E-state index is 0.0485. The Labute approximate surface area is 130 Å². The van der Waals surface area contributed by atoms with Crippen LogP contribution in [0.1, 0.15) is 30.1 Å². The highest BCUT2D eigenvalue weighted by Crippen LogP contribution is 2.33. The van der Waals surface area contributed by atoms with Gasteiger partial charge in [0.2, 0.25) is 0 Å². The van der Waals surface area contributed by atoms with Gasteiger partial charge in [-0.25, -0.2) is 4.79 Å². The number of amides is 1. The molecule has 0 spiro atoms. The molecule has 4 nitrogen and oxygen atoms in total. The van der Waals surface area contributed by atoms with Gasteiger partial charge in [-0.1, -0.05) is 35.3 Å². The standard InChI is InChI=1S/C14H16BrNO3S/c1-2-4-12-16(11(8-20-12)14(18)19)13(17)9-5-3-6-10(15)7-9/h3,5-7,11-12H,2,4,8H2,1H3,(H,18,19).